The van der Waals surface area contributed by atoms with E-state index in [0.717, 1.165) is 0 Å². The lowest BCUT2D eigenvalue weighted by molar-refractivity contribution is 0.262. The largest absolute Gasteiger partial charge is 0.497 e. The van der Waals surface area contributed by atoms with Crippen LogP contribution in [0.2, 0.25) is 0 Å². The average molecular weight is 464 g/mol. The molecule has 1 aromatic heterocycles. The van der Waals surface area contributed by atoms with Gasteiger partial charge in [-0.25, -0.2) is 9.18 Å². The van der Waals surface area contributed by atoms with E-state index in [0.29, 0.717) is 17.1 Å². The number of carbonyl (C=O) groups excluding carboxylic acids is 1. The highest BCUT2D eigenvalue weighted by molar-refractivity contribution is 9.10. The van der Waals surface area contributed by atoms with E-state index in [-0.39, 0.29) is 21.7 Å². The molecule has 4 N–H and O–H groups in total. The van der Waals surface area contributed by atoms with Gasteiger partial charge in [-0.1, -0.05) is 10.3 Å². The number of hydrogen-bond donors (Lipinski definition) is 4. The van der Waals surface area contributed by atoms with Crippen LogP contribution in [0.4, 0.5) is 26.4 Å². The van der Waals surface area contributed by atoms with Gasteiger partial charge in [-0.15, -0.1) is 0 Å². The summed E-state index contributed by atoms with van der Waals surface area (Å²) in [6.07, 6.45) is 1.18. The van der Waals surface area contributed by atoms with Crippen molar-refractivity contribution < 1.29 is 23.7 Å². The number of oxime groups is 1. The SMILES string of the molecule is COc1ccc(NC(=O)Nc2nocc2/C(=N/O)Nc2ccc(F)c(Br)c2)cc1. The first-order valence-electron chi connectivity index (χ1n) is 8.11. The first kappa shape index (κ1) is 20.1. The van der Waals surface area contributed by atoms with Crippen molar-refractivity contribution in [2.45, 2.75) is 0 Å². The summed E-state index contributed by atoms with van der Waals surface area (Å²) in [5.41, 5.74) is 1.14. The van der Waals surface area contributed by atoms with Crippen molar-refractivity contribution in [3.8, 4) is 5.75 Å². The van der Waals surface area contributed by atoms with Crippen LogP contribution >= 0.6 is 15.9 Å². The summed E-state index contributed by atoms with van der Waals surface area (Å²) in [6, 6.07) is 10.3. The van der Waals surface area contributed by atoms with Crippen LogP contribution in [-0.2, 0) is 0 Å². The van der Waals surface area contributed by atoms with Gasteiger partial charge in [0.25, 0.3) is 0 Å². The van der Waals surface area contributed by atoms with E-state index in [9.17, 15) is 14.4 Å². The molecule has 0 spiro atoms. The first-order chi connectivity index (χ1) is 14.0. The van der Waals surface area contributed by atoms with Crippen molar-refractivity contribution in [1.29, 1.82) is 0 Å². The fourth-order valence-corrected chi connectivity index (χ4v) is 2.67. The van der Waals surface area contributed by atoms with E-state index < -0.39 is 11.8 Å². The van der Waals surface area contributed by atoms with Crippen LogP contribution in [0.1, 0.15) is 5.56 Å². The van der Waals surface area contributed by atoms with Gasteiger partial charge < -0.3 is 25.1 Å². The Morgan fingerprint density at radius 2 is 1.90 bits per heavy atom. The van der Waals surface area contributed by atoms with Crippen LogP contribution in [0, 0.1) is 5.82 Å². The molecule has 2 amide bonds. The lowest BCUT2D eigenvalue weighted by atomic mass is 10.2. The summed E-state index contributed by atoms with van der Waals surface area (Å²) >= 11 is 3.07. The molecule has 29 heavy (non-hydrogen) atoms. The predicted molar refractivity (Wildman–Crippen MR) is 108 cm³/mol. The molecule has 11 heteroatoms. The maximum absolute atomic E-state index is 13.4. The number of hydrogen-bond acceptors (Lipinski definition) is 6. The number of rotatable bonds is 5. The Kier molecular flexibility index (Phi) is 6.29. The first-order valence-corrected chi connectivity index (χ1v) is 8.90. The van der Waals surface area contributed by atoms with Gasteiger partial charge in [0.2, 0.25) is 0 Å². The third-order valence-corrected chi connectivity index (χ3v) is 4.29. The Morgan fingerprint density at radius 3 is 2.55 bits per heavy atom. The smallest absolute Gasteiger partial charge is 0.324 e. The molecule has 2 aromatic carbocycles. The summed E-state index contributed by atoms with van der Waals surface area (Å²) in [7, 11) is 1.54. The normalized spacial score (nSPS) is 11.1. The van der Waals surface area contributed by atoms with Crippen molar-refractivity contribution in [2.75, 3.05) is 23.1 Å². The zero-order chi connectivity index (χ0) is 20.8. The minimum absolute atomic E-state index is 0.0116. The minimum Gasteiger partial charge on any atom is -0.497 e. The van der Waals surface area contributed by atoms with E-state index >= 15 is 0 Å². The molecule has 9 nitrogen and oxygen atoms in total. The van der Waals surface area contributed by atoms with Gasteiger partial charge in [0, 0.05) is 11.4 Å². The molecule has 0 saturated carbocycles. The van der Waals surface area contributed by atoms with Gasteiger partial charge in [-0.05, 0) is 58.4 Å². The monoisotopic (exact) mass is 463 g/mol. The number of urea groups is 1. The highest BCUT2D eigenvalue weighted by Gasteiger charge is 2.18. The lowest BCUT2D eigenvalue weighted by Gasteiger charge is -2.10. The Morgan fingerprint density at radius 1 is 1.17 bits per heavy atom. The minimum atomic E-state index is -0.591. The number of methoxy groups -OCH3 is 1. The molecule has 3 aromatic rings. The molecular formula is C18H15BrFN5O4. The van der Waals surface area contributed by atoms with Crippen LogP contribution in [-0.4, -0.2) is 29.3 Å². The quantitative estimate of drug-likeness (QED) is 0.191. The Bertz CT molecular complexity index is 1040. The Balaban J connectivity index is 1.71. The Hall–Kier alpha value is -3.60. The third-order valence-electron chi connectivity index (χ3n) is 3.69. The zero-order valence-corrected chi connectivity index (χ0v) is 16.5. The van der Waals surface area contributed by atoms with Crippen LogP contribution < -0.4 is 20.7 Å². The topological polar surface area (TPSA) is 121 Å². The van der Waals surface area contributed by atoms with Gasteiger partial charge in [0.05, 0.1) is 11.6 Å². The van der Waals surface area contributed by atoms with E-state index in [2.05, 4.69) is 42.2 Å². The third kappa shape index (κ3) is 5.02. The van der Waals surface area contributed by atoms with E-state index in [1.807, 2.05) is 0 Å². The van der Waals surface area contributed by atoms with Crippen LogP contribution in [0.3, 0.4) is 0 Å². The average Bonchev–Trinajstić information content (AvgIpc) is 3.17. The molecule has 0 unspecified atom stereocenters. The molecule has 150 valence electrons. The molecule has 0 radical (unpaired) electrons. The van der Waals surface area contributed by atoms with Gasteiger partial charge >= 0.3 is 6.03 Å². The number of aromatic nitrogens is 1. The molecule has 0 bridgehead atoms. The summed E-state index contributed by atoms with van der Waals surface area (Å²) < 4.78 is 23.5. The maximum Gasteiger partial charge on any atom is 0.324 e. The van der Waals surface area contributed by atoms with Gasteiger partial charge in [0.1, 0.15) is 23.4 Å². The van der Waals surface area contributed by atoms with Crippen molar-refractivity contribution in [2.24, 2.45) is 5.16 Å². The molecule has 0 aliphatic rings. The van der Waals surface area contributed by atoms with Crippen molar-refractivity contribution in [1.82, 2.24) is 5.16 Å². The molecule has 1 heterocycles. The van der Waals surface area contributed by atoms with Gasteiger partial charge in [0.15, 0.2) is 11.7 Å². The summed E-state index contributed by atoms with van der Waals surface area (Å²) in [4.78, 5) is 12.2. The van der Waals surface area contributed by atoms with Crippen LogP contribution in [0.25, 0.3) is 0 Å². The van der Waals surface area contributed by atoms with Crippen molar-refractivity contribution in [3.63, 3.8) is 0 Å². The number of amidine groups is 1. The molecule has 0 aliphatic carbocycles. The molecule has 0 saturated heterocycles. The number of carbonyl (C=O) groups is 1. The number of nitrogens with one attached hydrogen (secondary N) is 3. The van der Waals surface area contributed by atoms with Crippen LogP contribution in [0.5, 0.6) is 5.75 Å². The molecule has 0 aliphatic heterocycles. The highest BCUT2D eigenvalue weighted by Crippen LogP contribution is 2.22. The second kappa shape index (κ2) is 9.06. The number of halogens is 2. The van der Waals surface area contributed by atoms with E-state index in [1.165, 1.54) is 24.5 Å². The summed E-state index contributed by atoms with van der Waals surface area (Å²) in [5, 5.41) is 24.1. The summed E-state index contributed by atoms with van der Waals surface area (Å²) in [5.74, 6) is 0.152. The highest BCUT2D eigenvalue weighted by atomic mass is 79.9. The molecule has 3 rings (SSSR count). The number of amides is 2. The second-order valence-corrected chi connectivity index (χ2v) is 6.44. The standard InChI is InChI=1S/C18H15BrFN5O4/c1-28-12-5-2-10(3-6-12)22-18(26)23-17-13(9-29-25-17)16(24-27)21-11-4-7-15(20)14(19)8-11/h2-9,27H,1H3,(H,21,24)(H2,22,23,25,26). The summed E-state index contributed by atoms with van der Waals surface area (Å²) in [6.45, 7) is 0. The maximum atomic E-state index is 13.4. The fourth-order valence-electron chi connectivity index (χ4n) is 2.30. The predicted octanol–water partition coefficient (Wildman–Crippen LogP) is 4.48. The number of anilines is 3. The lowest BCUT2D eigenvalue weighted by Crippen LogP contribution is -2.22. The number of benzene rings is 2. The number of ether oxygens (including phenoxy) is 1. The second-order valence-electron chi connectivity index (χ2n) is 5.59. The number of nitrogens with zero attached hydrogens (tertiary/aromatic N) is 2. The molecule has 0 atom stereocenters. The van der Waals surface area contributed by atoms with Crippen molar-refractivity contribution >= 4 is 45.0 Å². The zero-order valence-electron chi connectivity index (χ0n) is 14.9. The van der Waals surface area contributed by atoms with Gasteiger partial charge in [-0.3, -0.25) is 5.32 Å². The van der Waals surface area contributed by atoms with Crippen molar-refractivity contribution in [3.05, 3.63) is 64.6 Å². The Labute approximate surface area is 172 Å². The molecular weight excluding hydrogens is 449 g/mol. The van der Waals surface area contributed by atoms with Gasteiger partial charge in [-0.2, -0.15) is 0 Å². The fraction of sp³-hybridized carbons (Fsp3) is 0.0556. The van der Waals surface area contributed by atoms with E-state index in [1.54, 1.807) is 31.4 Å². The molecule has 0 fully saturated rings. The van der Waals surface area contributed by atoms with E-state index in [4.69, 9.17) is 9.26 Å². The van der Waals surface area contributed by atoms with Crippen LogP contribution in [0.15, 0.2) is 62.9 Å².